The van der Waals surface area contributed by atoms with E-state index in [9.17, 15) is 18.0 Å². The van der Waals surface area contributed by atoms with Gasteiger partial charge in [0.25, 0.3) is 0 Å². The number of rotatable bonds is 6. The highest BCUT2D eigenvalue weighted by Crippen LogP contribution is 2.25. The minimum atomic E-state index is -4.00. The molecular weight excluding hydrogens is 370 g/mol. The molecule has 0 aliphatic carbocycles. The summed E-state index contributed by atoms with van der Waals surface area (Å²) in [5, 5.41) is 0. The van der Waals surface area contributed by atoms with Gasteiger partial charge in [0.1, 0.15) is 10.6 Å². The fourth-order valence-electron chi connectivity index (χ4n) is 2.79. The van der Waals surface area contributed by atoms with E-state index in [0.717, 1.165) is 6.42 Å². The highest BCUT2D eigenvalue weighted by atomic mass is 32.2. The summed E-state index contributed by atoms with van der Waals surface area (Å²) in [6.45, 7) is 0.638. The fraction of sp³-hybridized carbons (Fsp3) is 0.263. The maximum absolute atomic E-state index is 12.4. The number of carbonyl (C=O) groups is 2. The Morgan fingerprint density at radius 3 is 2.30 bits per heavy atom. The largest absolute Gasteiger partial charge is 0.469 e. The Balaban J connectivity index is 1.71. The third-order valence-corrected chi connectivity index (χ3v) is 5.48. The summed E-state index contributed by atoms with van der Waals surface area (Å²) in [4.78, 5) is 24.6. The van der Waals surface area contributed by atoms with E-state index in [-0.39, 0.29) is 28.9 Å². The molecule has 2 aromatic rings. The molecule has 8 heteroatoms. The van der Waals surface area contributed by atoms with Gasteiger partial charge in [-0.2, -0.15) is 8.42 Å². The molecule has 2 aromatic carbocycles. The molecule has 0 spiro atoms. The van der Waals surface area contributed by atoms with Crippen LogP contribution in [0, 0.1) is 0 Å². The smallest absolute Gasteiger partial charge is 0.339 e. The Morgan fingerprint density at radius 2 is 1.74 bits per heavy atom. The van der Waals surface area contributed by atoms with Crippen LogP contribution in [-0.2, 0) is 30.9 Å². The van der Waals surface area contributed by atoms with E-state index in [1.54, 1.807) is 29.2 Å². The van der Waals surface area contributed by atoms with E-state index < -0.39 is 10.1 Å². The SMILES string of the molecule is COC(=O)Cc1ccc(OS(=O)(=O)c2ccc(N3CCCC3=O)cc2)cc1. The first-order valence-corrected chi connectivity index (χ1v) is 9.80. The fourth-order valence-corrected chi connectivity index (χ4v) is 3.72. The molecule has 0 radical (unpaired) electrons. The molecule has 1 heterocycles. The van der Waals surface area contributed by atoms with Crippen molar-refractivity contribution in [2.24, 2.45) is 0 Å². The molecule has 0 N–H and O–H groups in total. The summed E-state index contributed by atoms with van der Waals surface area (Å²) in [6, 6.07) is 12.2. The van der Waals surface area contributed by atoms with Crippen LogP contribution in [0.4, 0.5) is 5.69 Å². The van der Waals surface area contributed by atoms with Crippen molar-refractivity contribution >= 4 is 27.7 Å². The molecule has 3 rings (SSSR count). The lowest BCUT2D eigenvalue weighted by Crippen LogP contribution is -2.23. The average Bonchev–Trinajstić information content (AvgIpc) is 3.09. The number of anilines is 1. The van der Waals surface area contributed by atoms with Crippen molar-refractivity contribution < 1.29 is 26.9 Å². The highest BCUT2D eigenvalue weighted by Gasteiger charge is 2.23. The predicted molar refractivity (Wildman–Crippen MR) is 98.0 cm³/mol. The van der Waals surface area contributed by atoms with E-state index in [0.29, 0.717) is 24.2 Å². The van der Waals surface area contributed by atoms with Gasteiger partial charge in [-0.15, -0.1) is 0 Å². The third-order valence-electron chi connectivity index (χ3n) is 4.22. The van der Waals surface area contributed by atoms with Gasteiger partial charge in [0.05, 0.1) is 13.5 Å². The first kappa shape index (κ1) is 18.9. The maximum atomic E-state index is 12.4. The minimum Gasteiger partial charge on any atom is -0.469 e. The summed E-state index contributed by atoms with van der Waals surface area (Å²) in [6.07, 6.45) is 1.41. The zero-order chi connectivity index (χ0) is 19.4. The van der Waals surface area contributed by atoms with Crippen LogP contribution in [0.3, 0.4) is 0 Å². The number of carbonyl (C=O) groups excluding carboxylic acids is 2. The van der Waals surface area contributed by atoms with Gasteiger partial charge in [-0.25, -0.2) is 0 Å². The Morgan fingerprint density at radius 1 is 1.07 bits per heavy atom. The van der Waals surface area contributed by atoms with E-state index in [1.165, 1.54) is 31.4 Å². The zero-order valence-corrected chi connectivity index (χ0v) is 15.6. The second-order valence-electron chi connectivity index (χ2n) is 6.08. The summed E-state index contributed by atoms with van der Waals surface area (Å²) >= 11 is 0. The van der Waals surface area contributed by atoms with Crippen molar-refractivity contribution in [3.05, 3.63) is 54.1 Å². The molecule has 0 unspecified atom stereocenters. The van der Waals surface area contributed by atoms with Crippen LogP contribution < -0.4 is 9.08 Å². The van der Waals surface area contributed by atoms with Gasteiger partial charge in [-0.05, 0) is 48.4 Å². The topological polar surface area (TPSA) is 90.0 Å². The number of methoxy groups -OCH3 is 1. The van der Waals surface area contributed by atoms with Crippen molar-refractivity contribution in [2.45, 2.75) is 24.2 Å². The number of ether oxygens (including phenoxy) is 1. The lowest BCUT2D eigenvalue weighted by molar-refractivity contribution is -0.139. The number of amides is 1. The molecule has 1 fully saturated rings. The molecule has 0 atom stereocenters. The van der Waals surface area contributed by atoms with Crippen molar-refractivity contribution in [1.29, 1.82) is 0 Å². The number of hydrogen-bond donors (Lipinski definition) is 0. The molecule has 27 heavy (non-hydrogen) atoms. The lowest BCUT2D eigenvalue weighted by Gasteiger charge is -2.16. The Hall–Kier alpha value is -2.87. The quantitative estimate of drug-likeness (QED) is 0.556. The Bertz CT molecular complexity index is 935. The molecule has 1 saturated heterocycles. The number of hydrogen-bond acceptors (Lipinski definition) is 6. The minimum absolute atomic E-state index is 0.00321. The van der Waals surface area contributed by atoms with Gasteiger partial charge < -0.3 is 13.8 Å². The van der Waals surface area contributed by atoms with Gasteiger partial charge in [0.2, 0.25) is 5.91 Å². The molecule has 0 bridgehead atoms. The number of benzene rings is 2. The van der Waals surface area contributed by atoms with E-state index in [4.69, 9.17) is 4.18 Å². The maximum Gasteiger partial charge on any atom is 0.339 e. The van der Waals surface area contributed by atoms with Gasteiger partial charge in [0.15, 0.2) is 0 Å². The van der Waals surface area contributed by atoms with Gasteiger partial charge in [0, 0.05) is 18.7 Å². The molecule has 1 aliphatic rings. The Kier molecular flexibility index (Phi) is 5.46. The van der Waals surface area contributed by atoms with Crippen molar-refractivity contribution in [3.63, 3.8) is 0 Å². The standard InChI is InChI=1S/C19H19NO6S/c1-25-19(22)13-14-4-8-16(9-5-14)26-27(23,24)17-10-6-15(7-11-17)20-12-2-3-18(20)21/h4-11H,2-3,12-13H2,1H3. The molecule has 1 aliphatic heterocycles. The number of esters is 1. The monoisotopic (exact) mass is 389 g/mol. The number of nitrogens with zero attached hydrogens (tertiary/aromatic N) is 1. The van der Waals surface area contributed by atoms with Crippen molar-refractivity contribution in [1.82, 2.24) is 0 Å². The Labute approximate surface area is 157 Å². The first-order valence-electron chi connectivity index (χ1n) is 8.40. The molecule has 0 saturated carbocycles. The van der Waals surface area contributed by atoms with Gasteiger partial charge in [-0.3, -0.25) is 9.59 Å². The molecular formula is C19H19NO6S. The normalized spacial score (nSPS) is 14.3. The molecule has 7 nitrogen and oxygen atoms in total. The van der Waals surface area contributed by atoms with Gasteiger partial charge >= 0.3 is 16.1 Å². The second kappa shape index (κ2) is 7.79. The lowest BCUT2D eigenvalue weighted by atomic mass is 10.1. The van der Waals surface area contributed by atoms with Crippen LogP contribution in [0.2, 0.25) is 0 Å². The van der Waals surface area contributed by atoms with Crippen LogP contribution in [0.1, 0.15) is 18.4 Å². The van der Waals surface area contributed by atoms with Crippen molar-refractivity contribution in [3.8, 4) is 5.75 Å². The first-order chi connectivity index (χ1) is 12.9. The van der Waals surface area contributed by atoms with Crippen LogP contribution in [-0.4, -0.2) is 33.9 Å². The van der Waals surface area contributed by atoms with E-state index in [1.807, 2.05) is 0 Å². The third kappa shape index (κ3) is 4.46. The van der Waals surface area contributed by atoms with Crippen LogP contribution in [0.15, 0.2) is 53.4 Å². The van der Waals surface area contributed by atoms with Crippen LogP contribution in [0.25, 0.3) is 0 Å². The molecule has 142 valence electrons. The summed E-state index contributed by atoms with van der Waals surface area (Å²) < 4.78 is 34.6. The summed E-state index contributed by atoms with van der Waals surface area (Å²) in [5.41, 5.74) is 1.36. The molecule has 0 aromatic heterocycles. The van der Waals surface area contributed by atoms with Crippen LogP contribution >= 0.6 is 0 Å². The second-order valence-corrected chi connectivity index (χ2v) is 7.62. The van der Waals surface area contributed by atoms with E-state index >= 15 is 0 Å². The zero-order valence-electron chi connectivity index (χ0n) is 14.8. The molecule has 1 amide bonds. The van der Waals surface area contributed by atoms with Gasteiger partial charge in [-0.1, -0.05) is 12.1 Å². The summed E-state index contributed by atoms with van der Waals surface area (Å²) in [7, 11) is -2.70. The van der Waals surface area contributed by atoms with Crippen LogP contribution in [0.5, 0.6) is 5.75 Å². The average molecular weight is 389 g/mol. The summed E-state index contributed by atoms with van der Waals surface area (Å²) in [5.74, 6) is -0.204. The van der Waals surface area contributed by atoms with Crippen molar-refractivity contribution in [2.75, 3.05) is 18.6 Å². The predicted octanol–water partition coefficient (Wildman–Crippen LogP) is 2.30. The highest BCUT2D eigenvalue weighted by molar-refractivity contribution is 7.87. The van der Waals surface area contributed by atoms with E-state index in [2.05, 4.69) is 4.74 Å².